The lowest BCUT2D eigenvalue weighted by Gasteiger charge is -2.25. The van der Waals surface area contributed by atoms with Gasteiger partial charge in [0.25, 0.3) is 0 Å². The van der Waals surface area contributed by atoms with E-state index in [1.165, 1.54) is 24.4 Å². The average Bonchev–Trinajstić information content (AvgIpc) is 3.31. The SMILES string of the molecule is COc1cc(-c2cnc3c(c2)OCCCN(Cc2c(F)cccc2F)CCN3)c2c(C#N)cnn2c1. The molecule has 0 amide bonds. The highest BCUT2D eigenvalue weighted by molar-refractivity contribution is 5.86. The minimum absolute atomic E-state index is 0.0693. The van der Waals surface area contributed by atoms with Crippen molar-refractivity contribution < 1.29 is 18.3 Å². The summed E-state index contributed by atoms with van der Waals surface area (Å²) in [6.45, 7) is 2.30. The smallest absolute Gasteiger partial charge is 0.168 e. The Labute approximate surface area is 206 Å². The molecule has 0 radical (unpaired) electrons. The molecule has 10 heteroatoms. The molecule has 0 spiro atoms. The predicted octanol–water partition coefficient (Wildman–Crippen LogP) is 4.25. The van der Waals surface area contributed by atoms with Gasteiger partial charge in [-0.3, -0.25) is 4.90 Å². The van der Waals surface area contributed by atoms with E-state index >= 15 is 0 Å². The van der Waals surface area contributed by atoms with Crippen LogP contribution < -0.4 is 14.8 Å². The number of pyridine rings is 2. The summed E-state index contributed by atoms with van der Waals surface area (Å²) in [5.74, 6) is 0.668. The van der Waals surface area contributed by atoms with E-state index in [4.69, 9.17) is 9.47 Å². The van der Waals surface area contributed by atoms with Gasteiger partial charge in [-0.1, -0.05) is 6.07 Å². The first-order chi connectivity index (χ1) is 17.6. The van der Waals surface area contributed by atoms with Crippen molar-refractivity contribution in [1.29, 1.82) is 5.26 Å². The van der Waals surface area contributed by atoms with Crippen LogP contribution in [0.2, 0.25) is 0 Å². The zero-order valence-corrected chi connectivity index (χ0v) is 19.7. The van der Waals surface area contributed by atoms with Crippen LogP contribution in [-0.2, 0) is 6.54 Å². The number of nitrogens with zero attached hydrogens (tertiary/aromatic N) is 5. The first-order valence-electron chi connectivity index (χ1n) is 11.5. The predicted molar refractivity (Wildman–Crippen MR) is 130 cm³/mol. The molecule has 0 aliphatic carbocycles. The third kappa shape index (κ3) is 4.65. The van der Waals surface area contributed by atoms with Gasteiger partial charge in [0.05, 0.1) is 37.2 Å². The molecule has 1 aromatic carbocycles. The molecule has 1 aliphatic rings. The number of hydrogen-bond donors (Lipinski definition) is 1. The zero-order valence-electron chi connectivity index (χ0n) is 19.7. The van der Waals surface area contributed by atoms with Crippen LogP contribution in [0.15, 0.2) is 48.9 Å². The van der Waals surface area contributed by atoms with Crippen molar-refractivity contribution >= 4 is 11.3 Å². The van der Waals surface area contributed by atoms with Gasteiger partial charge in [-0.25, -0.2) is 18.3 Å². The number of nitriles is 1. The van der Waals surface area contributed by atoms with Crippen molar-refractivity contribution in [3.05, 3.63) is 71.7 Å². The summed E-state index contributed by atoms with van der Waals surface area (Å²) in [6, 6.07) is 9.83. The maximum absolute atomic E-state index is 14.1. The lowest BCUT2D eigenvalue weighted by atomic mass is 10.0. The molecule has 0 bridgehead atoms. The fourth-order valence-corrected chi connectivity index (χ4v) is 4.32. The summed E-state index contributed by atoms with van der Waals surface area (Å²) in [7, 11) is 1.57. The molecule has 0 unspecified atom stereocenters. The highest BCUT2D eigenvalue weighted by Crippen LogP contribution is 2.34. The number of nitrogens with one attached hydrogen (secondary N) is 1. The van der Waals surface area contributed by atoms with E-state index in [1.54, 1.807) is 24.0 Å². The number of halogens is 2. The first kappa shape index (κ1) is 23.5. The molecule has 0 saturated heterocycles. The fraction of sp³-hybridized carbons (Fsp3) is 0.269. The summed E-state index contributed by atoms with van der Waals surface area (Å²) >= 11 is 0. The second-order valence-corrected chi connectivity index (χ2v) is 8.43. The molecule has 0 fully saturated rings. The van der Waals surface area contributed by atoms with E-state index in [-0.39, 0.29) is 12.1 Å². The van der Waals surface area contributed by atoms with Crippen molar-refractivity contribution in [1.82, 2.24) is 19.5 Å². The normalized spacial score (nSPS) is 14.4. The number of ether oxygens (including phenoxy) is 2. The van der Waals surface area contributed by atoms with Crippen molar-refractivity contribution in [3.8, 4) is 28.7 Å². The third-order valence-electron chi connectivity index (χ3n) is 6.15. The van der Waals surface area contributed by atoms with Gasteiger partial charge in [-0.05, 0) is 30.7 Å². The van der Waals surface area contributed by atoms with Crippen LogP contribution >= 0.6 is 0 Å². The van der Waals surface area contributed by atoms with Crippen LogP contribution in [0.4, 0.5) is 14.6 Å². The molecule has 1 N–H and O–H groups in total. The van der Waals surface area contributed by atoms with E-state index in [2.05, 4.69) is 21.5 Å². The first-order valence-corrected chi connectivity index (χ1v) is 11.5. The molecule has 4 heterocycles. The van der Waals surface area contributed by atoms with Crippen LogP contribution in [0.25, 0.3) is 16.6 Å². The van der Waals surface area contributed by atoms with Gasteiger partial charge >= 0.3 is 0 Å². The monoisotopic (exact) mass is 490 g/mol. The molecule has 184 valence electrons. The third-order valence-corrected chi connectivity index (χ3v) is 6.15. The van der Waals surface area contributed by atoms with Crippen LogP contribution in [-0.4, -0.2) is 52.8 Å². The van der Waals surface area contributed by atoms with Crippen molar-refractivity contribution in [2.45, 2.75) is 13.0 Å². The summed E-state index contributed by atoms with van der Waals surface area (Å²) < 4.78 is 41.4. The topological polar surface area (TPSA) is 87.7 Å². The number of benzene rings is 1. The molecule has 36 heavy (non-hydrogen) atoms. The maximum atomic E-state index is 14.1. The fourth-order valence-electron chi connectivity index (χ4n) is 4.32. The van der Waals surface area contributed by atoms with E-state index in [0.29, 0.717) is 61.1 Å². The molecule has 5 rings (SSSR count). The molecule has 0 atom stereocenters. The largest absolute Gasteiger partial charge is 0.495 e. The molecule has 4 aromatic rings. The number of methoxy groups -OCH3 is 1. The Balaban J connectivity index is 1.40. The van der Waals surface area contributed by atoms with Crippen molar-refractivity contribution in [2.75, 3.05) is 38.7 Å². The Kier molecular flexibility index (Phi) is 6.64. The maximum Gasteiger partial charge on any atom is 0.168 e. The second kappa shape index (κ2) is 10.2. The number of fused-ring (bicyclic) bond motifs is 2. The van der Waals surface area contributed by atoms with Gasteiger partial charge in [-0.2, -0.15) is 10.4 Å². The number of hydrogen-bond acceptors (Lipinski definition) is 7. The van der Waals surface area contributed by atoms with E-state index in [1.807, 2.05) is 17.0 Å². The minimum Gasteiger partial charge on any atom is -0.495 e. The molecular formula is C26H24F2N6O2. The summed E-state index contributed by atoms with van der Waals surface area (Å²) in [5.41, 5.74) is 2.67. The minimum atomic E-state index is -0.541. The number of aromatic nitrogens is 3. The van der Waals surface area contributed by atoms with Crippen LogP contribution in [0.1, 0.15) is 17.5 Å². The Hall–Kier alpha value is -4.23. The van der Waals surface area contributed by atoms with Crippen LogP contribution in [0.3, 0.4) is 0 Å². The van der Waals surface area contributed by atoms with Gasteiger partial charge in [-0.15, -0.1) is 0 Å². The van der Waals surface area contributed by atoms with Gasteiger partial charge in [0.15, 0.2) is 11.6 Å². The number of anilines is 1. The van der Waals surface area contributed by atoms with Gasteiger partial charge in [0.1, 0.15) is 23.5 Å². The number of rotatable bonds is 4. The van der Waals surface area contributed by atoms with Crippen LogP contribution in [0.5, 0.6) is 11.5 Å². The molecular weight excluding hydrogens is 466 g/mol. The van der Waals surface area contributed by atoms with Crippen molar-refractivity contribution in [3.63, 3.8) is 0 Å². The lowest BCUT2D eigenvalue weighted by molar-refractivity contribution is 0.226. The van der Waals surface area contributed by atoms with Gasteiger partial charge in [0, 0.05) is 49.1 Å². The Morgan fingerprint density at radius 2 is 2.03 bits per heavy atom. The van der Waals surface area contributed by atoms with Gasteiger partial charge < -0.3 is 14.8 Å². The highest BCUT2D eigenvalue weighted by Gasteiger charge is 2.18. The molecule has 8 nitrogen and oxygen atoms in total. The van der Waals surface area contributed by atoms with E-state index in [0.717, 1.165) is 11.1 Å². The second-order valence-electron chi connectivity index (χ2n) is 8.43. The Morgan fingerprint density at radius 3 is 2.81 bits per heavy atom. The highest BCUT2D eigenvalue weighted by atomic mass is 19.1. The molecule has 0 saturated carbocycles. The van der Waals surface area contributed by atoms with Gasteiger partial charge in [0.2, 0.25) is 0 Å². The quantitative estimate of drug-likeness (QED) is 0.458. The summed E-state index contributed by atoms with van der Waals surface area (Å²) in [6.07, 6.45) is 5.61. The molecule has 3 aromatic heterocycles. The lowest BCUT2D eigenvalue weighted by Crippen LogP contribution is -2.32. The summed E-state index contributed by atoms with van der Waals surface area (Å²) in [5, 5.41) is 17.1. The summed E-state index contributed by atoms with van der Waals surface area (Å²) in [4.78, 5) is 6.57. The van der Waals surface area contributed by atoms with E-state index < -0.39 is 11.6 Å². The van der Waals surface area contributed by atoms with Crippen LogP contribution in [0, 0.1) is 23.0 Å². The molecule has 1 aliphatic heterocycles. The average molecular weight is 491 g/mol. The van der Waals surface area contributed by atoms with Crippen molar-refractivity contribution in [2.24, 2.45) is 0 Å². The zero-order chi connectivity index (χ0) is 25.1. The Bertz CT molecular complexity index is 1430. The van der Waals surface area contributed by atoms with E-state index in [9.17, 15) is 14.0 Å². The Morgan fingerprint density at radius 1 is 1.19 bits per heavy atom. The standard InChI is InChI=1S/C26H24F2N6O2/c1-35-19-11-20(25-18(12-29)14-32-34(25)15-19)17-10-24-26(31-13-17)30-6-8-33(7-3-9-36-24)16-21-22(27)4-2-5-23(21)28/h2,4-5,10-11,13-15H,3,6-9,16H2,1H3,(H,30,31).